The summed E-state index contributed by atoms with van der Waals surface area (Å²) in [6.07, 6.45) is 0.416. The van der Waals surface area contributed by atoms with Crippen LogP contribution in [-0.2, 0) is 11.2 Å². The molecule has 0 unspecified atom stereocenters. The maximum Gasteiger partial charge on any atom is 0.227 e. The lowest BCUT2D eigenvalue weighted by molar-refractivity contribution is -0.116. The average Bonchev–Trinajstić information content (AvgIpc) is 2.81. The average molecular weight is 269 g/mol. The Morgan fingerprint density at radius 2 is 1.95 bits per heavy atom. The van der Waals surface area contributed by atoms with Crippen molar-refractivity contribution in [2.75, 3.05) is 0 Å². The number of oxazole rings is 1. The van der Waals surface area contributed by atoms with Crippen molar-refractivity contribution in [3.63, 3.8) is 0 Å². The second-order valence-electron chi connectivity index (χ2n) is 4.71. The van der Waals surface area contributed by atoms with Crippen molar-refractivity contribution < 1.29 is 13.6 Å². The summed E-state index contributed by atoms with van der Waals surface area (Å²) in [4.78, 5) is 15.4. The van der Waals surface area contributed by atoms with Crippen molar-refractivity contribution in [3.05, 3.63) is 53.8 Å². The third-order valence-corrected chi connectivity index (χ3v) is 3.00. The van der Waals surface area contributed by atoms with Gasteiger partial charge in [-0.25, -0.2) is 9.37 Å². The molecule has 0 N–H and O–H groups in total. The maximum absolute atomic E-state index is 13.1. The van der Waals surface area contributed by atoms with E-state index in [4.69, 9.17) is 4.42 Å². The van der Waals surface area contributed by atoms with Gasteiger partial charge < -0.3 is 4.42 Å². The number of benzene rings is 2. The van der Waals surface area contributed by atoms with Crippen LogP contribution < -0.4 is 0 Å². The minimum Gasteiger partial charge on any atom is -0.436 e. The molecule has 0 saturated carbocycles. The van der Waals surface area contributed by atoms with Gasteiger partial charge in [0.2, 0.25) is 5.89 Å². The van der Waals surface area contributed by atoms with Crippen molar-refractivity contribution in [3.8, 4) is 11.5 Å². The van der Waals surface area contributed by atoms with E-state index in [0.717, 1.165) is 11.1 Å². The van der Waals surface area contributed by atoms with Gasteiger partial charge >= 0.3 is 0 Å². The normalized spacial score (nSPS) is 10.9. The molecule has 0 spiro atoms. The second-order valence-corrected chi connectivity index (χ2v) is 4.71. The van der Waals surface area contributed by atoms with Gasteiger partial charge in [-0.2, -0.15) is 0 Å². The van der Waals surface area contributed by atoms with E-state index in [2.05, 4.69) is 4.98 Å². The molecule has 2 aromatic carbocycles. The Hall–Kier alpha value is -2.49. The van der Waals surface area contributed by atoms with E-state index in [-0.39, 0.29) is 11.6 Å². The van der Waals surface area contributed by atoms with Crippen LogP contribution in [0.5, 0.6) is 0 Å². The van der Waals surface area contributed by atoms with Crippen LogP contribution in [0, 0.1) is 5.82 Å². The van der Waals surface area contributed by atoms with Crippen LogP contribution in [0.1, 0.15) is 12.5 Å². The number of rotatable bonds is 3. The Morgan fingerprint density at radius 1 is 1.20 bits per heavy atom. The Balaban J connectivity index is 1.96. The smallest absolute Gasteiger partial charge is 0.227 e. The monoisotopic (exact) mass is 269 g/mol. The van der Waals surface area contributed by atoms with Gasteiger partial charge in [0.25, 0.3) is 0 Å². The van der Waals surface area contributed by atoms with Crippen molar-refractivity contribution >= 4 is 16.9 Å². The van der Waals surface area contributed by atoms with Crippen molar-refractivity contribution in [2.24, 2.45) is 0 Å². The molecule has 0 radical (unpaired) electrons. The molecule has 0 aliphatic rings. The highest BCUT2D eigenvalue weighted by Gasteiger charge is 2.09. The summed E-state index contributed by atoms with van der Waals surface area (Å²) in [5.74, 6) is 0.215. The molecule has 0 bridgehead atoms. The number of aromatic nitrogens is 1. The molecular formula is C16H12FNO2. The van der Waals surface area contributed by atoms with Crippen LogP contribution in [0.4, 0.5) is 4.39 Å². The SMILES string of the molecule is CC(=O)Cc1ccc(-c2nc3ccc(F)cc3o2)cc1. The second kappa shape index (κ2) is 4.89. The number of nitrogens with zero attached hydrogens (tertiary/aromatic N) is 1. The van der Waals surface area contributed by atoms with E-state index >= 15 is 0 Å². The molecule has 0 aliphatic heterocycles. The predicted octanol–water partition coefficient (Wildman–Crippen LogP) is 3.77. The molecular weight excluding hydrogens is 257 g/mol. The van der Waals surface area contributed by atoms with Crippen LogP contribution in [-0.4, -0.2) is 10.8 Å². The third-order valence-electron chi connectivity index (χ3n) is 3.00. The highest BCUT2D eigenvalue weighted by Crippen LogP contribution is 2.25. The van der Waals surface area contributed by atoms with Crippen molar-refractivity contribution in [2.45, 2.75) is 13.3 Å². The minimum absolute atomic E-state index is 0.120. The summed E-state index contributed by atoms with van der Waals surface area (Å²) >= 11 is 0. The van der Waals surface area contributed by atoms with Gasteiger partial charge in [-0.3, -0.25) is 4.79 Å². The molecule has 0 fully saturated rings. The summed E-state index contributed by atoms with van der Waals surface area (Å²) in [5.41, 5.74) is 2.79. The standard InChI is InChI=1S/C16H12FNO2/c1-10(19)8-11-2-4-12(5-3-11)16-18-14-7-6-13(17)9-15(14)20-16/h2-7,9H,8H2,1H3. The van der Waals surface area contributed by atoms with Crippen LogP contribution in [0.15, 0.2) is 46.9 Å². The number of fused-ring (bicyclic) bond motifs is 1. The third kappa shape index (κ3) is 2.45. The molecule has 3 aromatic rings. The molecule has 4 heteroatoms. The van der Waals surface area contributed by atoms with Gasteiger partial charge in [0.05, 0.1) is 0 Å². The highest BCUT2D eigenvalue weighted by molar-refractivity contribution is 5.79. The van der Waals surface area contributed by atoms with E-state index in [9.17, 15) is 9.18 Å². The molecule has 0 aliphatic carbocycles. The first-order valence-corrected chi connectivity index (χ1v) is 6.27. The summed E-state index contributed by atoms with van der Waals surface area (Å²) in [5, 5.41) is 0. The van der Waals surface area contributed by atoms with Gasteiger partial charge in [-0.15, -0.1) is 0 Å². The number of ketones is 1. The fourth-order valence-corrected chi connectivity index (χ4v) is 2.07. The maximum atomic E-state index is 13.1. The molecule has 3 rings (SSSR count). The minimum atomic E-state index is -0.350. The number of halogens is 1. The number of Topliss-reactive ketones (excluding diaryl/α,β-unsaturated/α-hetero) is 1. The first-order chi connectivity index (χ1) is 9.61. The quantitative estimate of drug-likeness (QED) is 0.727. The van der Waals surface area contributed by atoms with Crippen LogP contribution in [0.2, 0.25) is 0 Å². The summed E-state index contributed by atoms with van der Waals surface area (Å²) in [6, 6.07) is 11.7. The van der Waals surface area contributed by atoms with Gasteiger partial charge in [-0.1, -0.05) is 12.1 Å². The molecule has 20 heavy (non-hydrogen) atoms. The molecule has 0 saturated heterocycles. The predicted molar refractivity (Wildman–Crippen MR) is 73.8 cm³/mol. The summed E-state index contributed by atoms with van der Waals surface area (Å²) < 4.78 is 18.6. The molecule has 0 atom stereocenters. The topological polar surface area (TPSA) is 43.1 Å². The number of hydrogen-bond acceptors (Lipinski definition) is 3. The zero-order valence-electron chi connectivity index (χ0n) is 10.9. The van der Waals surface area contributed by atoms with E-state index in [1.54, 1.807) is 13.0 Å². The first-order valence-electron chi connectivity index (χ1n) is 6.27. The number of carbonyl (C=O) groups excluding carboxylic acids is 1. The Kier molecular flexibility index (Phi) is 3.06. The van der Waals surface area contributed by atoms with E-state index in [0.29, 0.717) is 23.4 Å². The molecule has 100 valence electrons. The van der Waals surface area contributed by atoms with E-state index < -0.39 is 0 Å². The van der Waals surface area contributed by atoms with Gasteiger partial charge in [0.1, 0.15) is 17.1 Å². The van der Waals surface area contributed by atoms with Gasteiger partial charge in [0.15, 0.2) is 5.58 Å². The van der Waals surface area contributed by atoms with Crippen molar-refractivity contribution in [1.82, 2.24) is 4.98 Å². The Bertz CT molecular complexity index is 775. The zero-order valence-corrected chi connectivity index (χ0v) is 10.9. The van der Waals surface area contributed by atoms with Crippen molar-refractivity contribution in [1.29, 1.82) is 0 Å². The Morgan fingerprint density at radius 3 is 2.65 bits per heavy atom. The fourth-order valence-electron chi connectivity index (χ4n) is 2.07. The molecule has 0 amide bonds. The molecule has 3 nitrogen and oxygen atoms in total. The largest absolute Gasteiger partial charge is 0.436 e. The summed E-state index contributed by atoms with van der Waals surface area (Å²) in [6.45, 7) is 1.56. The highest BCUT2D eigenvalue weighted by atomic mass is 19.1. The lowest BCUT2D eigenvalue weighted by atomic mass is 10.1. The number of hydrogen-bond donors (Lipinski definition) is 0. The van der Waals surface area contributed by atoms with Gasteiger partial charge in [0, 0.05) is 18.1 Å². The zero-order chi connectivity index (χ0) is 14.1. The fraction of sp³-hybridized carbons (Fsp3) is 0.125. The lowest BCUT2D eigenvalue weighted by Crippen LogP contribution is -1.95. The Labute approximate surface area is 115 Å². The van der Waals surface area contributed by atoms with Gasteiger partial charge in [-0.05, 0) is 36.8 Å². The molecule has 1 aromatic heterocycles. The first kappa shape index (κ1) is 12.5. The van der Waals surface area contributed by atoms with Crippen LogP contribution in [0.25, 0.3) is 22.6 Å². The van der Waals surface area contributed by atoms with E-state index in [1.165, 1.54) is 12.1 Å². The van der Waals surface area contributed by atoms with Crippen LogP contribution in [0.3, 0.4) is 0 Å². The van der Waals surface area contributed by atoms with E-state index in [1.807, 2.05) is 24.3 Å². The lowest BCUT2D eigenvalue weighted by Gasteiger charge is -1.99. The van der Waals surface area contributed by atoms with Crippen LogP contribution >= 0.6 is 0 Å². The molecule has 1 heterocycles. The summed E-state index contributed by atoms with van der Waals surface area (Å²) in [7, 11) is 0. The number of carbonyl (C=O) groups is 1.